The molecule has 2 aromatic heterocycles. The molecule has 254 valence electrons. The Hall–Kier alpha value is -4.28. The Morgan fingerprint density at radius 1 is 0.979 bits per heavy atom. The van der Waals surface area contributed by atoms with Crippen LogP contribution in [0.1, 0.15) is 58.3 Å². The molecule has 0 aliphatic carbocycles. The van der Waals surface area contributed by atoms with Crippen LogP contribution in [0.3, 0.4) is 0 Å². The van der Waals surface area contributed by atoms with Gasteiger partial charge in [0.05, 0.1) is 23.2 Å². The molecule has 0 fully saturated rings. The van der Waals surface area contributed by atoms with Crippen molar-refractivity contribution in [1.82, 2.24) is 19.6 Å². The summed E-state index contributed by atoms with van der Waals surface area (Å²) in [5, 5.41) is 3.71. The maximum Gasteiger partial charge on any atom is 0.459 e. The molecule has 3 atom stereocenters. The van der Waals surface area contributed by atoms with Crippen LogP contribution in [0.5, 0.6) is 5.75 Å². The number of nitrogens with one attached hydrogen (secondary N) is 1. The predicted octanol–water partition coefficient (Wildman–Crippen LogP) is 7.53. The average molecular weight is 674 g/mol. The lowest BCUT2D eigenvalue weighted by Gasteiger charge is -2.35. The van der Waals surface area contributed by atoms with Gasteiger partial charge in [0.1, 0.15) is 36.3 Å². The van der Waals surface area contributed by atoms with Crippen molar-refractivity contribution in [1.29, 1.82) is 0 Å². The van der Waals surface area contributed by atoms with Crippen molar-refractivity contribution < 1.29 is 27.9 Å². The topological polar surface area (TPSA) is 140 Å². The summed E-state index contributed by atoms with van der Waals surface area (Å²) < 4.78 is 40.4. The number of imidazole rings is 1. The Morgan fingerprint density at radius 2 is 1.67 bits per heavy atom. The number of fused-ring (bicyclic) bond motifs is 3. The number of para-hydroxylation sites is 2. The highest BCUT2D eigenvalue weighted by Crippen LogP contribution is 2.47. The molecule has 48 heavy (non-hydrogen) atoms. The monoisotopic (exact) mass is 673 g/mol. The van der Waals surface area contributed by atoms with Crippen molar-refractivity contribution in [3.63, 3.8) is 0 Å². The molecule has 0 aliphatic rings. The fraction of sp³-hybridized carbons (Fsp3) is 0.361. The summed E-state index contributed by atoms with van der Waals surface area (Å²) in [5.41, 5.74) is 8.59. The van der Waals surface area contributed by atoms with E-state index < -0.39 is 25.3 Å². The van der Waals surface area contributed by atoms with Crippen LogP contribution in [0, 0.1) is 0 Å². The highest BCUT2D eigenvalue weighted by atomic mass is 31.2. The van der Waals surface area contributed by atoms with E-state index in [1.165, 1.54) is 0 Å². The Bertz CT molecular complexity index is 1870. The second-order valence-electron chi connectivity index (χ2n) is 11.9. The number of hydrogen-bond donors (Lipinski definition) is 2. The molecule has 0 aliphatic heterocycles. The number of aromatic nitrogens is 3. The van der Waals surface area contributed by atoms with Gasteiger partial charge < -0.3 is 24.3 Å². The number of nitrogen functional groups attached to an aromatic ring is 1. The van der Waals surface area contributed by atoms with Gasteiger partial charge in [-0.15, -0.1) is 0 Å². The first-order valence-corrected chi connectivity index (χ1v) is 17.8. The van der Waals surface area contributed by atoms with E-state index in [1.807, 2.05) is 74.5 Å². The smallest absolute Gasteiger partial charge is 0.459 e. The quantitative estimate of drug-likeness (QED) is 0.0752. The molecule has 5 aromatic rings. The van der Waals surface area contributed by atoms with Crippen LogP contribution in [0.4, 0.5) is 5.82 Å². The largest absolute Gasteiger partial charge is 0.460 e. The molecule has 0 radical (unpaired) electrons. The molecular weight excluding hydrogens is 629 g/mol. The van der Waals surface area contributed by atoms with E-state index >= 15 is 0 Å². The molecule has 5 rings (SSSR count). The first kappa shape index (κ1) is 35.0. The fourth-order valence-corrected chi connectivity index (χ4v) is 7.21. The molecule has 0 saturated heterocycles. The molecule has 3 aromatic carbocycles. The lowest BCUT2D eigenvalue weighted by molar-refractivity contribution is -0.146. The number of pyridine rings is 1. The van der Waals surface area contributed by atoms with E-state index in [-0.39, 0.29) is 19.8 Å². The van der Waals surface area contributed by atoms with Gasteiger partial charge in [-0.1, -0.05) is 86.5 Å². The van der Waals surface area contributed by atoms with E-state index in [0.717, 1.165) is 34.8 Å². The van der Waals surface area contributed by atoms with Gasteiger partial charge in [0, 0.05) is 12.0 Å². The maximum absolute atomic E-state index is 14.6. The Morgan fingerprint density at radius 3 is 2.38 bits per heavy atom. The zero-order valence-corrected chi connectivity index (χ0v) is 28.8. The average Bonchev–Trinajstić information content (AvgIpc) is 3.50. The molecule has 11 nitrogen and oxygen atoms in total. The number of esters is 1. The zero-order chi connectivity index (χ0) is 34.1. The third kappa shape index (κ3) is 8.22. The third-order valence-corrected chi connectivity index (χ3v) is 9.70. The third-order valence-electron chi connectivity index (χ3n) is 8.08. The van der Waals surface area contributed by atoms with Gasteiger partial charge in [-0.2, -0.15) is 5.09 Å². The Kier molecular flexibility index (Phi) is 11.5. The maximum atomic E-state index is 14.6. The molecule has 3 N–H and O–H groups in total. The summed E-state index contributed by atoms with van der Waals surface area (Å²) in [5.74, 6) is 0.676. The first-order chi connectivity index (χ1) is 23.2. The van der Waals surface area contributed by atoms with Gasteiger partial charge in [0.15, 0.2) is 5.82 Å². The van der Waals surface area contributed by atoms with Crippen LogP contribution in [0.25, 0.3) is 21.9 Å². The zero-order valence-electron chi connectivity index (χ0n) is 27.9. The number of benzene rings is 3. The van der Waals surface area contributed by atoms with Crippen LogP contribution in [0.2, 0.25) is 0 Å². The number of hydrogen-bond acceptors (Lipinski definition) is 9. The standard InChI is InChI=1S/C36H44N5O6P/c1-5-7-22-36(4,41-31(24-44-6-2)39-32-33(41)29-20-14-15-21-30(29)38-34(32)37)25-46-48(43,47-28-18-12-9-13-19-28)40-26(3)35(42)45-23-27-16-10-8-11-17-27/h8-21,26H,5-7,22-25H2,1-4H3,(H2,37,38)(H,40,43)/t26-,36-,48+/m0/s1. The normalized spacial score (nSPS) is 14.8. The van der Waals surface area contributed by atoms with E-state index in [2.05, 4.69) is 21.6 Å². The van der Waals surface area contributed by atoms with E-state index in [1.54, 1.807) is 31.2 Å². The van der Waals surface area contributed by atoms with Gasteiger partial charge in [-0.05, 0) is 51.0 Å². The summed E-state index contributed by atoms with van der Waals surface area (Å²) in [7, 11) is -4.18. The Labute approximate surface area is 281 Å². The summed E-state index contributed by atoms with van der Waals surface area (Å²) in [6, 6.07) is 24.8. The SMILES string of the molecule is CCCC[C@@](C)(CO[P@](=O)(N[C@@H](C)C(=O)OCc1ccccc1)Oc1ccccc1)n1c(COCC)nc2c(N)nc3ccccc3c21. The number of rotatable bonds is 17. The second-order valence-corrected chi connectivity index (χ2v) is 13.6. The molecule has 2 heterocycles. The van der Waals surface area contributed by atoms with Crippen LogP contribution in [0.15, 0.2) is 84.9 Å². The highest BCUT2D eigenvalue weighted by Gasteiger charge is 2.39. The van der Waals surface area contributed by atoms with E-state index in [9.17, 15) is 9.36 Å². The number of ether oxygens (including phenoxy) is 2. The van der Waals surface area contributed by atoms with Crippen molar-refractivity contribution in [3.8, 4) is 5.75 Å². The minimum atomic E-state index is -4.18. The fourth-order valence-electron chi connectivity index (χ4n) is 5.60. The van der Waals surface area contributed by atoms with Crippen LogP contribution in [-0.4, -0.2) is 39.8 Å². The van der Waals surface area contributed by atoms with Gasteiger partial charge >= 0.3 is 13.7 Å². The molecule has 12 heteroatoms. The van der Waals surface area contributed by atoms with E-state index in [0.29, 0.717) is 35.9 Å². The van der Waals surface area contributed by atoms with Crippen molar-refractivity contribution in [2.24, 2.45) is 0 Å². The van der Waals surface area contributed by atoms with Crippen molar-refractivity contribution in [2.75, 3.05) is 18.9 Å². The molecule has 0 bridgehead atoms. The summed E-state index contributed by atoms with van der Waals surface area (Å²) in [6.07, 6.45) is 2.39. The van der Waals surface area contributed by atoms with Crippen LogP contribution < -0.4 is 15.3 Å². The summed E-state index contributed by atoms with van der Waals surface area (Å²) in [6.45, 7) is 8.37. The van der Waals surface area contributed by atoms with Crippen LogP contribution >= 0.6 is 7.75 Å². The minimum Gasteiger partial charge on any atom is -0.460 e. The molecule has 0 spiro atoms. The Balaban J connectivity index is 1.51. The van der Waals surface area contributed by atoms with Crippen LogP contribution in [-0.2, 0) is 42.1 Å². The minimum absolute atomic E-state index is 0.0585. The number of unbranched alkanes of at least 4 members (excludes halogenated alkanes) is 1. The first-order valence-electron chi connectivity index (χ1n) is 16.3. The molecule has 0 saturated carbocycles. The van der Waals surface area contributed by atoms with Gasteiger partial charge in [0.2, 0.25) is 0 Å². The molecule has 0 amide bonds. The molecular formula is C36H44N5O6P. The molecule has 0 unspecified atom stereocenters. The van der Waals surface area contributed by atoms with Crippen molar-refractivity contribution >= 4 is 41.5 Å². The lowest BCUT2D eigenvalue weighted by Crippen LogP contribution is -2.39. The number of nitrogens with two attached hydrogens (primary N) is 1. The van der Waals surface area contributed by atoms with Gasteiger partial charge in [-0.25, -0.2) is 14.5 Å². The summed E-state index contributed by atoms with van der Waals surface area (Å²) in [4.78, 5) is 22.6. The van der Waals surface area contributed by atoms with Gasteiger partial charge in [0.25, 0.3) is 0 Å². The second kappa shape index (κ2) is 15.7. The number of nitrogens with zero attached hydrogens (tertiary/aromatic N) is 3. The van der Waals surface area contributed by atoms with Crippen molar-refractivity contribution in [2.45, 2.75) is 71.8 Å². The number of carbonyl (C=O) groups excluding carboxylic acids is 1. The lowest BCUT2D eigenvalue weighted by atomic mass is 9.94. The predicted molar refractivity (Wildman–Crippen MR) is 187 cm³/mol. The van der Waals surface area contributed by atoms with E-state index in [4.69, 9.17) is 29.2 Å². The number of carbonyl (C=O) groups is 1. The highest BCUT2D eigenvalue weighted by molar-refractivity contribution is 7.52. The van der Waals surface area contributed by atoms with Crippen molar-refractivity contribution in [3.05, 3.63) is 96.3 Å². The summed E-state index contributed by atoms with van der Waals surface area (Å²) >= 11 is 0. The number of anilines is 1. The van der Waals surface area contributed by atoms with Gasteiger partial charge in [-0.3, -0.25) is 9.32 Å².